The van der Waals surface area contributed by atoms with Crippen LogP contribution in [0, 0.1) is 11.7 Å². The fourth-order valence-electron chi connectivity index (χ4n) is 4.93. The average Bonchev–Trinajstić information content (AvgIpc) is 3.81. The van der Waals surface area contributed by atoms with Crippen LogP contribution >= 0.6 is 0 Å². The zero-order chi connectivity index (χ0) is 31.5. The molecule has 1 aliphatic carbocycles. The van der Waals surface area contributed by atoms with Gasteiger partial charge in [0.2, 0.25) is 5.91 Å². The van der Waals surface area contributed by atoms with Gasteiger partial charge in [-0.15, -0.1) is 0 Å². The van der Waals surface area contributed by atoms with Crippen molar-refractivity contribution >= 4 is 40.2 Å². The number of amides is 2. The number of nitrogens with one attached hydrogen (secondary N) is 2. The summed E-state index contributed by atoms with van der Waals surface area (Å²) < 4.78 is 53.0. The predicted octanol–water partition coefficient (Wildman–Crippen LogP) is 5.26. The van der Waals surface area contributed by atoms with Crippen LogP contribution in [0.5, 0.6) is 11.5 Å². The van der Waals surface area contributed by atoms with E-state index in [1.165, 1.54) is 12.1 Å². The Morgan fingerprint density at radius 1 is 1.09 bits per heavy atom. The molecule has 2 aromatic heterocycles. The number of methoxy groups -OCH3 is 2. The molecule has 1 fully saturated rings. The van der Waals surface area contributed by atoms with E-state index >= 15 is 4.39 Å². The molecule has 0 radical (unpaired) electrons. The van der Waals surface area contributed by atoms with Crippen LogP contribution in [-0.4, -0.2) is 47.0 Å². The number of aryl methyl sites for hydroxylation is 2. The molecule has 4 aromatic rings. The molecule has 0 bridgehead atoms. The van der Waals surface area contributed by atoms with Gasteiger partial charge in [-0.2, -0.15) is 8.78 Å². The van der Waals surface area contributed by atoms with Gasteiger partial charge < -0.3 is 24.7 Å². The molecule has 0 atom stereocenters. The van der Waals surface area contributed by atoms with E-state index in [9.17, 15) is 18.4 Å². The maximum atomic E-state index is 15.1. The lowest BCUT2D eigenvalue weighted by atomic mass is 10.1. The lowest BCUT2D eigenvalue weighted by Gasteiger charge is -2.24. The van der Waals surface area contributed by atoms with E-state index in [0.29, 0.717) is 51.8 Å². The van der Waals surface area contributed by atoms with Gasteiger partial charge in [0, 0.05) is 48.5 Å². The van der Waals surface area contributed by atoms with Crippen LogP contribution in [0.4, 0.5) is 30.5 Å². The topological polar surface area (TPSA) is 111 Å². The fourth-order valence-corrected chi connectivity index (χ4v) is 4.93. The minimum atomic E-state index is -3.19. The Labute approximate surface area is 252 Å². The number of rotatable bonds is 12. The predicted molar refractivity (Wildman–Crippen MR) is 159 cm³/mol. The molecule has 0 spiro atoms. The second-order valence-electron chi connectivity index (χ2n) is 10.5. The standard InChI is InChI=1S/C31H33F3N6O4/c1-5-17-10-20(14-35-30(41)28(33)34)22(32)12-23(17)37-26-13-24-27(36-16-39(24)2)29(38-26)40(31(42)18-6-7-18)15-19-8-9-21(43-3)11-25(19)44-4/h8-13,16,18,28H,5-7,14-15H2,1-4H3,(H,35,41)(H,37,38). The largest absolute Gasteiger partial charge is 0.497 e. The van der Waals surface area contributed by atoms with E-state index in [2.05, 4.69) is 10.3 Å². The van der Waals surface area contributed by atoms with E-state index in [-0.39, 0.29) is 30.5 Å². The summed E-state index contributed by atoms with van der Waals surface area (Å²) in [5.74, 6) is -0.516. The average molecular weight is 611 g/mol. The van der Waals surface area contributed by atoms with Crippen LogP contribution in [0.25, 0.3) is 11.0 Å². The lowest BCUT2D eigenvalue weighted by Crippen LogP contribution is -2.33. The molecule has 1 saturated carbocycles. The van der Waals surface area contributed by atoms with E-state index in [1.54, 1.807) is 48.2 Å². The van der Waals surface area contributed by atoms with Crippen molar-refractivity contribution in [3.63, 3.8) is 0 Å². The molecule has 13 heteroatoms. The number of pyridine rings is 1. The second kappa shape index (κ2) is 12.8. The van der Waals surface area contributed by atoms with E-state index in [0.717, 1.165) is 18.4 Å². The van der Waals surface area contributed by atoms with Crippen molar-refractivity contribution in [1.29, 1.82) is 0 Å². The van der Waals surface area contributed by atoms with Crippen LogP contribution in [0.15, 0.2) is 42.7 Å². The smallest absolute Gasteiger partial charge is 0.315 e. The number of nitrogens with zero attached hydrogens (tertiary/aromatic N) is 4. The first-order valence-electron chi connectivity index (χ1n) is 14.1. The van der Waals surface area contributed by atoms with Gasteiger partial charge in [-0.05, 0) is 49.1 Å². The Balaban J connectivity index is 1.54. The fraction of sp³-hybridized carbons (Fsp3) is 0.355. The normalized spacial score (nSPS) is 12.8. The van der Waals surface area contributed by atoms with Crippen molar-refractivity contribution in [2.75, 3.05) is 24.4 Å². The number of carbonyl (C=O) groups is 2. The van der Waals surface area contributed by atoms with Crippen LogP contribution in [-0.2, 0) is 36.1 Å². The summed E-state index contributed by atoms with van der Waals surface area (Å²) in [5, 5.41) is 5.22. The van der Waals surface area contributed by atoms with Crippen molar-refractivity contribution in [3.8, 4) is 11.5 Å². The lowest BCUT2D eigenvalue weighted by molar-refractivity contribution is -0.131. The Bertz CT molecular complexity index is 1710. The molecular formula is C31H33F3N6O4. The number of hydrogen-bond donors (Lipinski definition) is 2. The third-order valence-electron chi connectivity index (χ3n) is 7.53. The molecule has 0 saturated heterocycles. The summed E-state index contributed by atoms with van der Waals surface area (Å²) in [7, 11) is 4.93. The monoisotopic (exact) mass is 610 g/mol. The second-order valence-corrected chi connectivity index (χ2v) is 10.5. The zero-order valence-electron chi connectivity index (χ0n) is 24.8. The molecular weight excluding hydrogens is 577 g/mol. The Morgan fingerprint density at radius 3 is 2.52 bits per heavy atom. The van der Waals surface area contributed by atoms with Gasteiger partial charge in [-0.1, -0.05) is 6.92 Å². The van der Waals surface area contributed by atoms with Crippen LogP contribution < -0.4 is 25.0 Å². The highest BCUT2D eigenvalue weighted by Crippen LogP contribution is 2.37. The van der Waals surface area contributed by atoms with Crippen molar-refractivity contribution in [2.45, 2.75) is 45.7 Å². The SMILES string of the molecule is CCc1cc(CNC(=O)C(F)F)c(F)cc1Nc1cc2c(ncn2C)c(N(Cc2ccc(OC)cc2OC)C(=O)C2CC2)n1. The number of hydrogen-bond acceptors (Lipinski definition) is 7. The zero-order valence-corrected chi connectivity index (χ0v) is 24.8. The molecule has 10 nitrogen and oxygen atoms in total. The number of ether oxygens (including phenoxy) is 2. The first-order valence-corrected chi connectivity index (χ1v) is 14.1. The van der Waals surface area contributed by atoms with Gasteiger partial charge in [0.05, 0.1) is 32.6 Å². The maximum Gasteiger partial charge on any atom is 0.315 e. The molecule has 0 unspecified atom stereocenters. The highest BCUT2D eigenvalue weighted by Gasteiger charge is 2.36. The van der Waals surface area contributed by atoms with E-state index in [4.69, 9.17) is 14.5 Å². The van der Waals surface area contributed by atoms with Crippen molar-refractivity contribution in [1.82, 2.24) is 19.9 Å². The minimum absolute atomic E-state index is 0.0757. The van der Waals surface area contributed by atoms with E-state index in [1.807, 2.05) is 25.4 Å². The first-order chi connectivity index (χ1) is 21.1. The summed E-state index contributed by atoms with van der Waals surface area (Å²) in [6, 6.07) is 9.90. The minimum Gasteiger partial charge on any atom is -0.497 e. The van der Waals surface area contributed by atoms with Gasteiger partial charge in [0.1, 0.15) is 28.7 Å². The number of alkyl halides is 2. The van der Waals surface area contributed by atoms with Gasteiger partial charge in [-0.3, -0.25) is 14.5 Å². The Morgan fingerprint density at radius 2 is 1.86 bits per heavy atom. The molecule has 1 aliphatic rings. The summed E-state index contributed by atoms with van der Waals surface area (Å²) in [6.45, 7) is 1.65. The van der Waals surface area contributed by atoms with Crippen LogP contribution in [0.3, 0.4) is 0 Å². The highest BCUT2D eigenvalue weighted by molar-refractivity contribution is 6.02. The summed E-state index contributed by atoms with van der Waals surface area (Å²) >= 11 is 0. The van der Waals surface area contributed by atoms with E-state index < -0.39 is 18.1 Å². The molecule has 2 heterocycles. The molecule has 0 aliphatic heterocycles. The number of fused-ring (bicyclic) bond motifs is 1. The van der Waals surface area contributed by atoms with Gasteiger partial charge in [-0.25, -0.2) is 14.4 Å². The Hall–Kier alpha value is -4.81. The highest BCUT2D eigenvalue weighted by atomic mass is 19.3. The van der Waals surface area contributed by atoms with Crippen molar-refractivity contribution in [3.05, 3.63) is 65.2 Å². The molecule has 44 heavy (non-hydrogen) atoms. The first kappa shape index (κ1) is 30.6. The molecule has 2 amide bonds. The maximum absolute atomic E-state index is 15.1. The molecule has 2 aromatic carbocycles. The number of imidazole rings is 1. The third-order valence-corrected chi connectivity index (χ3v) is 7.53. The Kier molecular flexibility index (Phi) is 8.93. The number of halogens is 3. The van der Waals surface area contributed by atoms with Crippen LogP contribution in [0.2, 0.25) is 0 Å². The quantitative estimate of drug-likeness (QED) is 0.225. The van der Waals surface area contributed by atoms with Crippen LogP contribution in [0.1, 0.15) is 36.5 Å². The number of carbonyl (C=O) groups excluding carboxylic acids is 2. The van der Waals surface area contributed by atoms with Crippen molar-refractivity contribution < 1.29 is 32.2 Å². The summed E-state index contributed by atoms with van der Waals surface area (Å²) in [6.07, 6.45) is 0.475. The third kappa shape index (κ3) is 6.41. The summed E-state index contributed by atoms with van der Waals surface area (Å²) in [5.41, 5.74) is 3.12. The number of aromatic nitrogens is 3. The van der Waals surface area contributed by atoms with Gasteiger partial charge >= 0.3 is 6.43 Å². The van der Waals surface area contributed by atoms with Gasteiger partial charge in [0.15, 0.2) is 5.82 Å². The molecule has 2 N–H and O–H groups in total. The molecule has 232 valence electrons. The van der Waals surface area contributed by atoms with Crippen molar-refractivity contribution in [2.24, 2.45) is 13.0 Å². The number of anilines is 3. The summed E-state index contributed by atoms with van der Waals surface area (Å²) in [4.78, 5) is 36.0. The number of benzene rings is 2. The van der Waals surface area contributed by atoms with Gasteiger partial charge in [0.25, 0.3) is 5.91 Å². The molecule has 5 rings (SSSR count).